The van der Waals surface area contributed by atoms with Gasteiger partial charge in [0.05, 0.1) is 12.6 Å². The number of nitrogens with one attached hydrogen (secondary N) is 1. The van der Waals surface area contributed by atoms with E-state index >= 15 is 0 Å². The summed E-state index contributed by atoms with van der Waals surface area (Å²) in [6, 6.07) is 9.80. The number of likely N-dealkylation sites (tertiary alicyclic amines) is 1. The highest BCUT2D eigenvalue weighted by Gasteiger charge is 2.29. The summed E-state index contributed by atoms with van der Waals surface area (Å²) < 4.78 is 0. The van der Waals surface area contributed by atoms with E-state index in [1.807, 2.05) is 42.2 Å². The Morgan fingerprint density at radius 1 is 1.30 bits per heavy atom. The maximum atomic E-state index is 12.1. The Labute approximate surface area is 136 Å². The molecule has 2 amide bonds. The van der Waals surface area contributed by atoms with Gasteiger partial charge in [-0.1, -0.05) is 30.3 Å². The first-order valence-corrected chi connectivity index (χ1v) is 8.01. The summed E-state index contributed by atoms with van der Waals surface area (Å²) in [5.41, 5.74) is 6.20. The van der Waals surface area contributed by atoms with Crippen LogP contribution < -0.4 is 11.1 Å². The minimum atomic E-state index is -1.08. The van der Waals surface area contributed by atoms with Crippen molar-refractivity contribution in [1.82, 2.24) is 10.2 Å². The van der Waals surface area contributed by atoms with Crippen LogP contribution in [0.4, 0.5) is 0 Å². The fraction of sp³-hybridized carbons (Fsp3) is 0.529. The Morgan fingerprint density at radius 2 is 1.91 bits per heavy atom. The molecule has 6 heteroatoms. The number of aliphatic hydroxyl groups excluding tert-OH is 1. The minimum absolute atomic E-state index is 0.0183. The lowest BCUT2D eigenvalue weighted by atomic mass is 9.91. The van der Waals surface area contributed by atoms with Crippen molar-refractivity contribution in [3.8, 4) is 0 Å². The third kappa shape index (κ3) is 5.04. The van der Waals surface area contributed by atoms with Gasteiger partial charge in [0, 0.05) is 0 Å². The lowest BCUT2D eigenvalue weighted by molar-refractivity contribution is -0.130. The highest BCUT2D eigenvalue weighted by atomic mass is 16.3. The Hall–Kier alpha value is -1.92. The molecular weight excluding hydrogens is 294 g/mol. The zero-order valence-corrected chi connectivity index (χ0v) is 13.4. The smallest absolute Gasteiger partial charge is 0.246 e. The van der Waals surface area contributed by atoms with Gasteiger partial charge in [0.15, 0.2) is 0 Å². The molecule has 1 aliphatic heterocycles. The number of piperidine rings is 1. The predicted molar refractivity (Wildman–Crippen MR) is 87.4 cm³/mol. The molecule has 1 aromatic rings. The predicted octanol–water partition coefficient (Wildman–Crippen LogP) is 0.422. The molecule has 0 aromatic heterocycles. The Kier molecular flexibility index (Phi) is 6.12. The number of carbonyl (C=O) groups excluding carboxylic acids is 2. The van der Waals surface area contributed by atoms with Crippen LogP contribution in [0.15, 0.2) is 30.3 Å². The van der Waals surface area contributed by atoms with E-state index in [0.717, 1.165) is 5.56 Å². The van der Waals surface area contributed by atoms with Crippen molar-refractivity contribution in [2.24, 2.45) is 11.7 Å². The molecular formula is C17H25N3O3. The standard InChI is InChI=1S/C17H25N3O3/c1-12(13-5-3-2-4-6-13)19-15(21)11-20-9-7-14(8-10-20)16(22)17(18)23/h2-6,12,14,16,22H,7-11H2,1H3,(H2,18,23)(H,19,21)/t12-,16-/m1/s1. The van der Waals surface area contributed by atoms with Crippen LogP contribution in [-0.2, 0) is 9.59 Å². The molecule has 0 unspecified atom stereocenters. The number of carbonyl (C=O) groups is 2. The number of nitrogens with zero attached hydrogens (tertiary/aromatic N) is 1. The Balaban J connectivity index is 1.76. The van der Waals surface area contributed by atoms with Crippen LogP contribution >= 0.6 is 0 Å². The van der Waals surface area contributed by atoms with Crippen LogP contribution in [0.3, 0.4) is 0 Å². The van der Waals surface area contributed by atoms with Gasteiger partial charge in [0.25, 0.3) is 0 Å². The Bertz CT molecular complexity index is 527. The normalized spacial score (nSPS) is 19.0. The largest absolute Gasteiger partial charge is 0.383 e. The van der Waals surface area contributed by atoms with Crippen molar-refractivity contribution in [3.63, 3.8) is 0 Å². The first-order valence-electron chi connectivity index (χ1n) is 8.01. The molecule has 126 valence electrons. The van der Waals surface area contributed by atoms with Gasteiger partial charge in [-0.25, -0.2) is 0 Å². The molecule has 1 fully saturated rings. The summed E-state index contributed by atoms with van der Waals surface area (Å²) in [7, 11) is 0. The maximum absolute atomic E-state index is 12.1. The minimum Gasteiger partial charge on any atom is -0.383 e. The van der Waals surface area contributed by atoms with Crippen LogP contribution in [0.25, 0.3) is 0 Å². The van der Waals surface area contributed by atoms with Crippen LogP contribution in [0.5, 0.6) is 0 Å². The molecule has 1 aliphatic rings. The van der Waals surface area contributed by atoms with Crippen LogP contribution in [0, 0.1) is 5.92 Å². The van der Waals surface area contributed by atoms with E-state index in [0.29, 0.717) is 32.5 Å². The van der Waals surface area contributed by atoms with E-state index < -0.39 is 12.0 Å². The van der Waals surface area contributed by atoms with Gasteiger partial charge in [-0.3, -0.25) is 14.5 Å². The zero-order valence-electron chi connectivity index (χ0n) is 13.4. The van der Waals surface area contributed by atoms with Crippen molar-refractivity contribution < 1.29 is 14.7 Å². The summed E-state index contributed by atoms with van der Waals surface area (Å²) >= 11 is 0. The summed E-state index contributed by atoms with van der Waals surface area (Å²) in [5, 5.41) is 12.7. The van der Waals surface area contributed by atoms with Gasteiger partial charge in [0.1, 0.15) is 6.10 Å². The number of benzene rings is 1. The number of rotatable bonds is 6. The molecule has 1 saturated heterocycles. The molecule has 2 rings (SSSR count). The van der Waals surface area contributed by atoms with Crippen molar-refractivity contribution in [3.05, 3.63) is 35.9 Å². The average Bonchev–Trinajstić information content (AvgIpc) is 2.55. The van der Waals surface area contributed by atoms with E-state index in [4.69, 9.17) is 5.73 Å². The van der Waals surface area contributed by atoms with Crippen molar-refractivity contribution in [2.75, 3.05) is 19.6 Å². The molecule has 4 N–H and O–H groups in total. The second-order valence-electron chi connectivity index (χ2n) is 6.16. The lowest BCUT2D eigenvalue weighted by Crippen LogP contribution is -2.45. The van der Waals surface area contributed by atoms with E-state index in [9.17, 15) is 14.7 Å². The third-order valence-electron chi connectivity index (χ3n) is 4.41. The monoisotopic (exact) mass is 319 g/mol. The quantitative estimate of drug-likeness (QED) is 0.708. The van der Waals surface area contributed by atoms with Crippen molar-refractivity contribution in [2.45, 2.75) is 31.9 Å². The van der Waals surface area contributed by atoms with Gasteiger partial charge in [-0.15, -0.1) is 0 Å². The molecule has 6 nitrogen and oxygen atoms in total. The zero-order chi connectivity index (χ0) is 16.8. The van der Waals surface area contributed by atoms with Gasteiger partial charge < -0.3 is 16.2 Å². The number of aliphatic hydroxyl groups is 1. The summed E-state index contributed by atoms with van der Waals surface area (Å²) in [4.78, 5) is 25.2. The molecule has 0 bridgehead atoms. The van der Waals surface area contributed by atoms with Gasteiger partial charge in [-0.2, -0.15) is 0 Å². The molecule has 1 heterocycles. The molecule has 0 spiro atoms. The van der Waals surface area contributed by atoms with Crippen molar-refractivity contribution >= 4 is 11.8 Å². The summed E-state index contributed by atoms with van der Waals surface area (Å²) in [6.07, 6.45) is 0.265. The van der Waals surface area contributed by atoms with Gasteiger partial charge in [-0.05, 0) is 44.3 Å². The second-order valence-corrected chi connectivity index (χ2v) is 6.16. The molecule has 2 atom stereocenters. The molecule has 0 saturated carbocycles. The van der Waals surface area contributed by atoms with Gasteiger partial charge in [0.2, 0.25) is 11.8 Å². The molecule has 0 radical (unpaired) electrons. The average molecular weight is 319 g/mol. The number of primary amides is 1. The summed E-state index contributed by atoms with van der Waals surface area (Å²) in [5.74, 6) is -0.789. The highest BCUT2D eigenvalue weighted by Crippen LogP contribution is 2.20. The van der Waals surface area contributed by atoms with Crippen LogP contribution in [0.1, 0.15) is 31.4 Å². The maximum Gasteiger partial charge on any atom is 0.246 e. The van der Waals surface area contributed by atoms with E-state index in [-0.39, 0.29) is 17.9 Å². The first kappa shape index (κ1) is 17.4. The highest BCUT2D eigenvalue weighted by molar-refractivity contribution is 5.79. The first-order chi connectivity index (χ1) is 11.0. The Morgan fingerprint density at radius 3 is 2.48 bits per heavy atom. The topological polar surface area (TPSA) is 95.7 Å². The van der Waals surface area contributed by atoms with Gasteiger partial charge >= 0.3 is 0 Å². The van der Waals surface area contributed by atoms with E-state index in [1.165, 1.54) is 0 Å². The van der Waals surface area contributed by atoms with E-state index in [1.54, 1.807) is 0 Å². The van der Waals surface area contributed by atoms with Crippen LogP contribution in [-0.4, -0.2) is 47.6 Å². The number of amides is 2. The summed E-state index contributed by atoms with van der Waals surface area (Å²) in [6.45, 7) is 3.66. The SMILES string of the molecule is C[C@@H](NC(=O)CN1CCC([C@@H](O)C(N)=O)CC1)c1ccccc1. The molecule has 23 heavy (non-hydrogen) atoms. The number of hydrogen-bond donors (Lipinski definition) is 3. The van der Waals surface area contributed by atoms with E-state index in [2.05, 4.69) is 5.32 Å². The number of hydrogen-bond acceptors (Lipinski definition) is 4. The fourth-order valence-corrected chi connectivity index (χ4v) is 2.97. The van der Waals surface area contributed by atoms with Crippen LogP contribution in [0.2, 0.25) is 0 Å². The third-order valence-corrected chi connectivity index (χ3v) is 4.41. The second kappa shape index (κ2) is 8.08. The molecule has 1 aromatic carbocycles. The lowest BCUT2D eigenvalue weighted by Gasteiger charge is -2.33. The molecule has 0 aliphatic carbocycles. The number of nitrogens with two attached hydrogens (primary N) is 1. The van der Waals surface area contributed by atoms with Crippen molar-refractivity contribution in [1.29, 1.82) is 0 Å². The fourth-order valence-electron chi connectivity index (χ4n) is 2.97.